The fourth-order valence-electron chi connectivity index (χ4n) is 1.99. The summed E-state index contributed by atoms with van der Waals surface area (Å²) in [7, 11) is 0. The fraction of sp³-hybridized carbons (Fsp3) is 0.235. The first-order valence-electron chi connectivity index (χ1n) is 7.11. The lowest BCUT2D eigenvalue weighted by Crippen LogP contribution is -2.27. The summed E-state index contributed by atoms with van der Waals surface area (Å²) in [6, 6.07) is 14.0. The molecule has 2 N–H and O–H groups in total. The Morgan fingerprint density at radius 3 is 2.41 bits per heavy atom. The maximum absolute atomic E-state index is 13.4. The van der Waals surface area contributed by atoms with Crippen molar-refractivity contribution in [1.29, 1.82) is 0 Å². The molecule has 3 nitrogen and oxygen atoms in total. The average molecular weight is 321 g/mol. The average Bonchev–Trinajstić information content (AvgIpc) is 2.52. The summed E-state index contributed by atoms with van der Waals surface area (Å²) in [6.07, 6.45) is 0.332. The van der Waals surface area contributed by atoms with Gasteiger partial charge in [0.1, 0.15) is 5.82 Å². The molecule has 0 aliphatic rings. The van der Waals surface area contributed by atoms with Crippen LogP contribution in [0.2, 0.25) is 5.02 Å². The van der Waals surface area contributed by atoms with Gasteiger partial charge in [-0.25, -0.2) is 4.39 Å². The Morgan fingerprint density at radius 1 is 1.00 bits per heavy atom. The molecule has 2 aromatic rings. The first-order chi connectivity index (χ1) is 10.7. The largest absolute Gasteiger partial charge is 0.352 e. The van der Waals surface area contributed by atoms with Gasteiger partial charge in [0.15, 0.2) is 0 Å². The van der Waals surface area contributed by atoms with Gasteiger partial charge in [-0.2, -0.15) is 0 Å². The highest BCUT2D eigenvalue weighted by atomic mass is 35.5. The predicted octanol–water partition coefficient (Wildman–Crippen LogP) is 3.28. The van der Waals surface area contributed by atoms with Gasteiger partial charge in [0.25, 0.3) is 0 Å². The third-order valence-corrected chi connectivity index (χ3v) is 3.60. The van der Waals surface area contributed by atoms with Crippen molar-refractivity contribution in [2.24, 2.45) is 0 Å². The van der Waals surface area contributed by atoms with Gasteiger partial charge < -0.3 is 10.6 Å². The van der Waals surface area contributed by atoms with Crippen LogP contribution >= 0.6 is 11.6 Å². The van der Waals surface area contributed by atoms with Crippen LogP contribution in [-0.4, -0.2) is 12.5 Å². The molecule has 0 saturated carbocycles. The zero-order chi connectivity index (χ0) is 15.8. The summed E-state index contributed by atoms with van der Waals surface area (Å²) in [5.41, 5.74) is 1.48. The molecule has 0 fully saturated rings. The van der Waals surface area contributed by atoms with E-state index in [4.69, 9.17) is 11.6 Å². The number of nitrogens with one attached hydrogen (secondary N) is 2. The maximum atomic E-state index is 13.4. The van der Waals surface area contributed by atoms with Gasteiger partial charge in [0.05, 0.1) is 0 Å². The molecule has 0 spiro atoms. The third-order valence-electron chi connectivity index (χ3n) is 3.24. The molecule has 0 radical (unpaired) electrons. The van der Waals surface area contributed by atoms with Gasteiger partial charge in [0.2, 0.25) is 5.91 Å². The molecular formula is C17H18ClFN2O. The molecule has 22 heavy (non-hydrogen) atoms. The normalized spacial score (nSPS) is 10.5. The molecule has 0 heterocycles. The number of hydrogen-bond acceptors (Lipinski definition) is 2. The number of benzene rings is 2. The maximum Gasteiger partial charge on any atom is 0.221 e. The first-order valence-corrected chi connectivity index (χ1v) is 7.49. The minimum Gasteiger partial charge on any atom is -0.352 e. The van der Waals surface area contributed by atoms with Crippen molar-refractivity contribution in [3.05, 3.63) is 70.5 Å². The summed E-state index contributed by atoms with van der Waals surface area (Å²) in [6.45, 7) is 1.30. The molecule has 0 aromatic heterocycles. The summed E-state index contributed by atoms with van der Waals surface area (Å²) >= 11 is 6.02. The van der Waals surface area contributed by atoms with Crippen molar-refractivity contribution in [2.75, 3.05) is 6.54 Å². The molecule has 0 aliphatic carbocycles. The van der Waals surface area contributed by atoms with Gasteiger partial charge in [0, 0.05) is 36.6 Å². The molecule has 2 aromatic carbocycles. The molecule has 1 amide bonds. The molecular weight excluding hydrogens is 303 g/mol. The van der Waals surface area contributed by atoms with E-state index < -0.39 is 0 Å². The van der Waals surface area contributed by atoms with E-state index in [1.165, 1.54) is 6.07 Å². The predicted molar refractivity (Wildman–Crippen MR) is 86.0 cm³/mol. The van der Waals surface area contributed by atoms with Crippen molar-refractivity contribution < 1.29 is 9.18 Å². The van der Waals surface area contributed by atoms with Gasteiger partial charge in [-0.15, -0.1) is 0 Å². The molecule has 0 saturated heterocycles. The minimum absolute atomic E-state index is 0.0686. The second-order valence-corrected chi connectivity index (χ2v) is 5.29. The Hall–Kier alpha value is -1.91. The van der Waals surface area contributed by atoms with E-state index in [0.29, 0.717) is 36.6 Å². The van der Waals surface area contributed by atoms with Crippen molar-refractivity contribution in [3.63, 3.8) is 0 Å². The molecule has 5 heteroatoms. The smallest absolute Gasteiger partial charge is 0.221 e. The number of hydrogen-bond donors (Lipinski definition) is 2. The number of halogens is 2. The van der Waals surface area contributed by atoms with Gasteiger partial charge in [-0.05, 0) is 17.7 Å². The third kappa shape index (κ3) is 5.13. The quantitative estimate of drug-likeness (QED) is 0.769. The van der Waals surface area contributed by atoms with E-state index in [1.807, 2.05) is 18.2 Å². The molecule has 0 bridgehead atoms. The van der Waals surface area contributed by atoms with Crippen molar-refractivity contribution in [1.82, 2.24) is 10.6 Å². The number of carbonyl (C=O) groups excluding carboxylic acids is 1. The Kier molecular flexibility index (Phi) is 6.37. The Morgan fingerprint density at radius 2 is 1.68 bits per heavy atom. The molecule has 116 valence electrons. The van der Waals surface area contributed by atoms with E-state index in [0.717, 1.165) is 5.56 Å². The van der Waals surface area contributed by atoms with Gasteiger partial charge in [-0.3, -0.25) is 4.79 Å². The SMILES string of the molecule is O=C(CCNCc1ccccc1F)NCc1ccccc1Cl. The molecule has 2 rings (SSSR count). The van der Waals surface area contributed by atoms with Gasteiger partial charge >= 0.3 is 0 Å². The topological polar surface area (TPSA) is 41.1 Å². The monoisotopic (exact) mass is 320 g/mol. The summed E-state index contributed by atoms with van der Waals surface area (Å²) in [4.78, 5) is 11.7. The van der Waals surface area contributed by atoms with Gasteiger partial charge in [-0.1, -0.05) is 48.0 Å². The van der Waals surface area contributed by atoms with E-state index in [1.54, 1.807) is 24.3 Å². The second-order valence-electron chi connectivity index (χ2n) is 4.89. The van der Waals surface area contributed by atoms with E-state index in [9.17, 15) is 9.18 Å². The number of rotatable bonds is 7. The molecule has 0 aliphatic heterocycles. The number of carbonyl (C=O) groups is 1. The van der Waals surface area contributed by atoms with Crippen LogP contribution in [0, 0.1) is 5.82 Å². The van der Waals surface area contributed by atoms with Crippen LogP contribution in [0.1, 0.15) is 17.5 Å². The van der Waals surface area contributed by atoms with Crippen LogP contribution in [0.3, 0.4) is 0 Å². The number of amides is 1. The lowest BCUT2D eigenvalue weighted by molar-refractivity contribution is -0.121. The van der Waals surface area contributed by atoms with Crippen LogP contribution in [0.15, 0.2) is 48.5 Å². The van der Waals surface area contributed by atoms with Crippen molar-refractivity contribution in [2.45, 2.75) is 19.5 Å². The molecule has 0 atom stereocenters. The lowest BCUT2D eigenvalue weighted by atomic mass is 10.2. The van der Waals surface area contributed by atoms with E-state index in [2.05, 4.69) is 10.6 Å². The zero-order valence-corrected chi connectivity index (χ0v) is 12.9. The Bertz CT molecular complexity index is 634. The molecule has 0 unspecified atom stereocenters. The van der Waals surface area contributed by atoms with E-state index >= 15 is 0 Å². The highest BCUT2D eigenvalue weighted by Crippen LogP contribution is 2.14. The zero-order valence-electron chi connectivity index (χ0n) is 12.1. The van der Waals surface area contributed by atoms with Crippen LogP contribution in [-0.2, 0) is 17.9 Å². The summed E-state index contributed by atoms with van der Waals surface area (Å²) in [5.74, 6) is -0.306. The lowest BCUT2D eigenvalue weighted by Gasteiger charge is -2.08. The van der Waals surface area contributed by atoms with Crippen LogP contribution in [0.25, 0.3) is 0 Å². The fourth-order valence-corrected chi connectivity index (χ4v) is 2.19. The highest BCUT2D eigenvalue weighted by molar-refractivity contribution is 6.31. The van der Waals surface area contributed by atoms with E-state index in [-0.39, 0.29) is 11.7 Å². The van der Waals surface area contributed by atoms with Crippen molar-refractivity contribution >= 4 is 17.5 Å². The van der Waals surface area contributed by atoms with Crippen LogP contribution < -0.4 is 10.6 Å². The highest BCUT2D eigenvalue weighted by Gasteiger charge is 2.04. The summed E-state index contributed by atoms with van der Waals surface area (Å²) < 4.78 is 13.4. The van der Waals surface area contributed by atoms with Crippen molar-refractivity contribution in [3.8, 4) is 0 Å². The Balaban J connectivity index is 1.66. The first kappa shape index (κ1) is 16.5. The van der Waals surface area contributed by atoms with Crippen LogP contribution in [0.4, 0.5) is 4.39 Å². The summed E-state index contributed by atoms with van der Waals surface area (Å²) in [5, 5.41) is 6.51. The van der Waals surface area contributed by atoms with Crippen LogP contribution in [0.5, 0.6) is 0 Å². The second kappa shape index (κ2) is 8.51. The standard InChI is InChI=1S/C17H18ClFN2O/c18-15-7-3-1-5-13(15)12-21-17(22)9-10-20-11-14-6-2-4-8-16(14)19/h1-8,20H,9-12H2,(H,21,22). The Labute approximate surface area is 134 Å². The minimum atomic E-state index is -0.238.